The Kier molecular flexibility index (Phi) is 4.52. The summed E-state index contributed by atoms with van der Waals surface area (Å²) >= 11 is 0. The van der Waals surface area contributed by atoms with Gasteiger partial charge in [-0.25, -0.2) is 4.79 Å². The topological polar surface area (TPSA) is 98.7 Å². The number of tetrazole rings is 1. The lowest BCUT2D eigenvalue weighted by atomic mass is 10.2. The van der Waals surface area contributed by atoms with Crippen LogP contribution >= 0.6 is 0 Å². The summed E-state index contributed by atoms with van der Waals surface area (Å²) in [5.74, 6) is 0.000980. The van der Waals surface area contributed by atoms with Crippen molar-refractivity contribution in [2.75, 3.05) is 12.3 Å². The van der Waals surface area contributed by atoms with Crippen LogP contribution in [-0.4, -0.2) is 32.8 Å². The number of rotatable bonds is 5. The van der Waals surface area contributed by atoms with Crippen molar-refractivity contribution in [3.63, 3.8) is 0 Å². The summed E-state index contributed by atoms with van der Waals surface area (Å²) in [6.45, 7) is 2.76. The van der Waals surface area contributed by atoms with Gasteiger partial charge in [-0.3, -0.25) is 0 Å². The molecule has 0 fully saturated rings. The van der Waals surface area contributed by atoms with Crippen molar-refractivity contribution in [3.8, 4) is 0 Å². The third-order valence-electron chi connectivity index (χ3n) is 1.99. The van der Waals surface area contributed by atoms with Crippen LogP contribution in [0, 0.1) is 0 Å². The van der Waals surface area contributed by atoms with Crippen LogP contribution in [0.15, 0.2) is 0 Å². The molecule has 3 N–H and O–H groups in total. The number of hydrogen-bond donors (Lipinski definition) is 2. The minimum atomic E-state index is -0.381. The van der Waals surface area contributed by atoms with Gasteiger partial charge in [0.05, 0.1) is 0 Å². The summed E-state index contributed by atoms with van der Waals surface area (Å²) in [5, 5.41) is 12.8. The van der Waals surface area contributed by atoms with E-state index in [2.05, 4.69) is 27.8 Å². The Balaban J connectivity index is 2.22. The van der Waals surface area contributed by atoms with E-state index in [0.29, 0.717) is 6.54 Å². The van der Waals surface area contributed by atoms with Crippen molar-refractivity contribution in [2.24, 2.45) is 0 Å². The monoisotopic (exact) mass is 212 g/mol. The van der Waals surface area contributed by atoms with E-state index in [1.165, 1.54) is 12.8 Å². The lowest BCUT2D eigenvalue weighted by Crippen LogP contribution is -2.31. The Morgan fingerprint density at radius 3 is 2.87 bits per heavy atom. The molecule has 0 aliphatic heterocycles. The molecule has 0 atom stereocenters. The lowest BCUT2D eigenvalue weighted by molar-refractivity contribution is 0.239. The number of amides is 1. The number of nitrogens with two attached hydrogens (primary N) is 1. The zero-order valence-electron chi connectivity index (χ0n) is 8.81. The molecule has 1 aromatic heterocycles. The van der Waals surface area contributed by atoms with E-state index in [1.807, 2.05) is 0 Å². The van der Waals surface area contributed by atoms with Crippen LogP contribution in [0.2, 0.25) is 0 Å². The van der Waals surface area contributed by atoms with Crippen LogP contribution in [-0.2, 0) is 0 Å². The molecule has 7 heteroatoms. The van der Waals surface area contributed by atoms with E-state index in [9.17, 15) is 4.79 Å². The Hall–Kier alpha value is -1.66. The quantitative estimate of drug-likeness (QED) is 0.543. The van der Waals surface area contributed by atoms with E-state index >= 15 is 0 Å². The highest BCUT2D eigenvalue weighted by Gasteiger charge is 2.09. The number of hydrogen-bond acceptors (Lipinski definition) is 5. The second-order valence-electron chi connectivity index (χ2n) is 3.24. The summed E-state index contributed by atoms with van der Waals surface area (Å²) in [4.78, 5) is 11.4. The predicted octanol–water partition coefficient (Wildman–Crippen LogP) is 0.393. The molecule has 1 aromatic rings. The normalized spacial score (nSPS) is 10.2. The smallest absolute Gasteiger partial charge is 0.346 e. The molecular formula is C8H16N6O. The van der Waals surface area contributed by atoms with Gasteiger partial charge >= 0.3 is 6.03 Å². The Morgan fingerprint density at radius 1 is 1.47 bits per heavy atom. The molecule has 0 unspecified atom stereocenters. The van der Waals surface area contributed by atoms with E-state index in [-0.39, 0.29) is 12.0 Å². The highest BCUT2D eigenvalue weighted by molar-refractivity contribution is 5.77. The summed E-state index contributed by atoms with van der Waals surface area (Å²) in [6.07, 6.45) is 4.43. The molecule has 15 heavy (non-hydrogen) atoms. The molecule has 0 saturated carbocycles. The molecule has 0 aliphatic rings. The van der Waals surface area contributed by atoms with E-state index in [0.717, 1.165) is 17.5 Å². The van der Waals surface area contributed by atoms with Crippen molar-refractivity contribution in [3.05, 3.63) is 0 Å². The molecular weight excluding hydrogens is 196 g/mol. The predicted molar refractivity (Wildman–Crippen MR) is 55.2 cm³/mol. The number of nitrogens with zero attached hydrogens (tertiary/aromatic N) is 4. The van der Waals surface area contributed by atoms with Crippen molar-refractivity contribution in [1.82, 2.24) is 25.5 Å². The molecule has 0 aromatic carbocycles. The third-order valence-corrected chi connectivity index (χ3v) is 1.99. The molecule has 1 rings (SSSR count). The van der Waals surface area contributed by atoms with Crippen LogP contribution in [0.25, 0.3) is 0 Å². The maximum atomic E-state index is 11.4. The van der Waals surface area contributed by atoms with Crippen LogP contribution in [0.1, 0.15) is 32.6 Å². The molecule has 1 heterocycles. The summed E-state index contributed by atoms with van der Waals surface area (Å²) < 4.78 is 0.944. The molecule has 0 spiro atoms. The van der Waals surface area contributed by atoms with Crippen molar-refractivity contribution in [2.45, 2.75) is 32.6 Å². The number of carbonyl (C=O) groups excluding carboxylic acids is 1. The zero-order valence-corrected chi connectivity index (χ0v) is 8.81. The number of anilines is 1. The van der Waals surface area contributed by atoms with Gasteiger partial charge in [-0.1, -0.05) is 31.3 Å². The highest BCUT2D eigenvalue weighted by Crippen LogP contribution is 1.97. The molecule has 84 valence electrons. The molecule has 1 amide bonds. The maximum absolute atomic E-state index is 11.4. The van der Waals surface area contributed by atoms with Gasteiger partial charge in [0, 0.05) is 6.54 Å². The number of carbonyl (C=O) groups is 1. The van der Waals surface area contributed by atoms with E-state index < -0.39 is 0 Å². The fourth-order valence-corrected chi connectivity index (χ4v) is 1.16. The average Bonchev–Trinajstić information content (AvgIpc) is 2.64. The Bertz CT molecular complexity index is 310. The summed E-state index contributed by atoms with van der Waals surface area (Å²) in [5.41, 5.74) is 5.36. The van der Waals surface area contributed by atoms with Gasteiger partial charge in [0.25, 0.3) is 0 Å². The summed E-state index contributed by atoms with van der Waals surface area (Å²) in [6, 6.07) is -0.381. The molecule has 0 bridgehead atoms. The second-order valence-corrected chi connectivity index (χ2v) is 3.24. The Morgan fingerprint density at radius 2 is 2.27 bits per heavy atom. The van der Waals surface area contributed by atoms with E-state index in [1.54, 1.807) is 0 Å². The van der Waals surface area contributed by atoms with Crippen molar-refractivity contribution >= 4 is 12.0 Å². The maximum Gasteiger partial charge on any atom is 0.346 e. The van der Waals surface area contributed by atoms with Crippen LogP contribution in [0.3, 0.4) is 0 Å². The first-order valence-corrected chi connectivity index (χ1v) is 5.07. The SMILES string of the molecule is CCCCCCNC(=O)n1nnnc1N. The average molecular weight is 212 g/mol. The number of unbranched alkanes of at least 4 members (excludes halogenated alkanes) is 3. The lowest BCUT2D eigenvalue weighted by Gasteiger charge is -2.03. The van der Waals surface area contributed by atoms with Gasteiger partial charge < -0.3 is 11.1 Å². The van der Waals surface area contributed by atoms with Gasteiger partial charge in [-0.15, -0.1) is 4.68 Å². The van der Waals surface area contributed by atoms with Crippen molar-refractivity contribution < 1.29 is 4.79 Å². The van der Waals surface area contributed by atoms with Gasteiger partial charge in [-0.2, -0.15) is 0 Å². The number of nitrogens with one attached hydrogen (secondary N) is 1. The van der Waals surface area contributed by atoms with Gasteiger partial charge in [0.2, 0.25) is 5.95 Å². The largest absolute Gasteiger partial charge is 0.366 e. The Labute approximate surface area is 88.0 Å². The van der Waals surface area contributed by atoms with Gasteiger partial charge in [0.1, 0.15) is 0 Å². The second kappa shape index (κ2) is 5.94. The van der Waals surface area contributed by atoms with Crippen LogP contribution < -0.4 is 11.1 Å². The fourth-order valence-electron chi connectivity index (χ4n) is 1.16. The highest BCUT2D eigenvalue weighted by atomic mass is 16.2. The van der Waals surface area contributed by atoms with E-state index in [4.69, 9.17) is 5.73 Å². The first-order chi connectivity index (χ1) is 7.25. The first-order valence-electron chi connectivity index (χ1n) is 5.07. The summed E-state index contributed by atoms with van der Waals surface area (Å²) in [7, 11) is 0. The fraction of sp³-hybridized carbons (Fsp3) is 0.750. The van der Waals surface area contributed by atoms with Gasteiger partial charge in [0.15, 0.2) is 0 Å². The molecule has 0 saturated heterocycles. The van der Waals surface area contributed by atoms with Gasteiger partial charge in [-0.05, 0) is 16.8 Å². The minimum absolute atomic E-state index is 0.000980. The molecule has 0 aliphatic carbocycles. The third kappa shape index (κ3) is 3.53. The van der Waals surface area contributed by atoms with Crippen LogP contribution in [0.5, 0.6) is 0 Å². The van der Waals surface area contributed by atoms with Crippen molar-refractivity contribution in [1.29, 1.82) is 0 Å². The zero-order chi connectivity index (χ0) is 11.1. The first kappa shape index (κ1) is 11.4. The number of aromatic nitrogens is 4. The number of nitrogen functional groups attached to an aromatic ring is 1. The molecule has 7 nitrogen and oxygen atoms in total. The van der Waals surface area contributed by atoms with Crippen LogP contribution in [0.4, 0.5) is 10.7 Å². The minimum Gasteiger partial charge on any atom is -0.366 e. The standard InChI is InChI=1S/C8H16N6O/c1-2-3-4-5-6-10-8(15)14-7(9)11-12-13-14/h2-6H2,1H3,(H,10,15)(H2,9,11,13). The molecule has 0 radical (unpaired) electrons.